The van der Waals surface area contributed by atoms with Crippen molar-refractivity contribution in [2.24, 2.45) is 0 Å². The Kier molecular flexibility index (Phi) is 3.06. The Balaban J connectivity index is 3.50. The summed E-state index contributed by atoms with van der Waals surface area (Å²) in [5.41, 5.74) is 0.557. The van der Waals surface area contributed by atoms with E-state index in [-0.39, 0.29) is 20.6 Å². The summed E-state index contributed by atoms with van der Waals surface area (Å²) in [6.45, 7) is 1.66. The SMILES string of the molecule is Cc1cc(C(=O)O)c(Cl)c(Cl)c1Cl. The van der Waals surface area contributed by atoms with Crippen molar-refractivity contribution in [1.82, 2.24) is 0 Å². The molecule has 70 valence electrons. The van der Waals surface area contributed by atoms with Crippen molar-refractivity contribution in [2.75, 3.05) is 0 Å². The molecule has 0 aliphatic rings. The zero-order valence-electron chi connectivity index (χ0n) is 6.57. The van der Waals surface area contributed by atoms with E-state index in [2.05, 4.69) is 0 Å². The lowest BCUT2D eigenvalue weighted by atomic mass is 10.1. The number of carbonyl (C=O) groups is 1. The summed E-state index contributed by atoms with van der Waals surface area (Å²) in [5.74, 6) is -1.12. The Morgan fingerprint density at radius 2 is 1.77 bits per heavy atom. The maximum atomic E-state index is 10.7. The molecule has 0 aliphatic carbocycles. The fourth-order valence-electron chi connectivity index (χ4n) is 0.887. The molecule has 13 heavy (non-hydrogen) atoms. The van der Waals surface area contributed by atoms with Crippen LogP contribution in [0.3, 0.4) is 0 Å². The van der Waals surface area contributed by atoms with Gasteiger partial charge in [-0.15, -0.1) is 0 Å². The van der Waals surface area contributed by atoms with Crippen LogP contribution in [0.2, 0.25) is 15.1 Å². The summed E-state index contributed by atoms with van der Waals surface area (Å²) in [4.78, 5) is 10.7. The maximum Gasteiger partial charge on any atom is 0.337 e. The average molecular weight is 239 g/mol. The van der Waals surface area contributed by atoms with Gasteiger partial charge in [-0.2, -0.15) is 0 Å². The van der Waals surface area contributed by atoms with Crippen LogP contribution in [0, 0.1) is 6.92 Å². The number of halogens is 3. The van der Waals surface area contributed by atoms with Gasteiger partial charge in [-0.05, 0) is 18.6 Å². The van der Waals surface area contributed by atoms with Crippen LogP contribution in [-0.4, -0.2) is 11.1 Å². The van der Waals surface area contributed by atoms with Gasteiger partial charge in [0.15, 0.2) is 0 Å². The first-order valence-electron chi connectivity index (χ1n) is 3.32. The Morgan fingerprint density at radius 1 is 1.23 bits per heavy atom. The summed E-state index contributed by atoms with van der Waals surface area (Å²) in [6, 6.07) is 1.39. The van der Waals surface area contributed by atoms with Crippen LogP contribution in [0.1, 0.15) is 15.9 Å². The van der Waals surface area contributed by atoms with Crippen molar-refractivity contribution in [1.29, 1.82) is 0 Å². The molecule has 2 nitrogen and oxygen atoms in total. The van der Waals surface area contributed by atoms with E-state index in [1.54, 1.807) is 6.92 Å². The van der Waals surface area contributed by atoms with E-state index in [0.29, 0.717) is 5.56 Å². The highest BCUT2D eigenvalue weighted by Crippen LogP contribution is 2.35. The van der Waals surface area contributed by atoms with E-state index < -0.39 is 5.97 Å². The molecule has 5 heteroatoms. The first kappa shape index (κ1) is 10.6. The van der Waals surface area contributed by atoms with Gasteiger partial charge in [0.05, 0.1) is 20.6 Å². The van der Waals surface area contributed by atoms with Crippen LogP contribution in [0.5, 0.6) is 0 Å². The van der Waals surface area contributed by atoms with Gasteiger partial charge < -0.3 is 5.11 Å². The third-order valence-electron chi connectivity index (χ3n) is 1.56. The standard InChI is InChI=1S/C8H5Cl3O2/c1-3-2-4(8(12)13)6(10)7(11)5(3)9/h2H,1H3,(H,12,13). The van der Waals surface area contributed by atoms with Gasteiger partial charge in [-0.1, -0.05) is 34.8 Å². The minimum atomic E-state index is -1.12. The molecular weight excluding hydrogens is 234 g/mol. The van der Waals surface area contributed by atoms with Crippen molar-refractivity contribution >= 4 is 40.8 Å². The molecule has 0 fully saturated rings. The summed E-state index contributed by atoms with van der Waals surface area (Å²) in [6.07, 6.45) is 0. The van der Waals surface area contributed by atoms with Gasteiger partial charge in [0.1, 0.15) is 0 Å². The zero-order valence-corrected chi connectivity index (χ0v) is 8.83. The van der Waals surface area contributed by atoms with Crippen LogP contribution in [0.4, 0.5) is 0 Å². The van der Waals surface area contributed by atoms with Crippen LogP contribution < -0.4 is 0 Å². The number of carboxylic acids is 1. The molecule has 0 bridgehead atoms. The van der Waals surface area contributed by atoms with Crippen LogP contribution in [0.15, 0.2) is 6.07 Å². The molecule has 1 aromatic rings. The molecule has 0 aromatic heterocycles. The summed E-state index contributed by atoms with van der Waals surface area (Å²) < 4.78 is 0. The van der Waals surface area contributed by atoms with E-state index >= 15 is 0 Å². The van der Waals surface area contributed by atoms with Crippen molar-refractivity contribution < 1.29 is 9.90 Å². The van der Waals surface area contributed by atoms with E-state index in [1.807, 2.05) is 0 Å². The number of benzene rings is 1. The van der Waals surface area contributed by atoms with Crippen LogP contribution in [0.25, 0.3) is 0 Å². The Bertz CT molecular complexity index is 374. The topological polar surface area (TPSA) is 37.3 Å². The smallest absolute Gasteiger partial charge is 0.337 e. The molecule has 0 radical (unpaired) electrons. The first-order valence-corrected chi connectivity index (χ1v) is 4.46. The highest BCUT2D eigenvalue weighted by molar-refractivity contribution is 6.49. The second-order valence-corrected chi connectivity index (χ2v) is 3.62. The van der Waals surface area contributed by atoms with Gasteiger partial charge in [0.2, 0.25) is 0 Å². The second kappa shape index (κ2) is 3.74. The predicted octanol–water partition coefficient (Wildman–Crippen LogP) is 3.65. The van der Waals surface area contributed by atoms with E-state index in [0.717, 1.165) is 0 Å². The molecule has 0 saturated heterocycles. The minimum absolute atomic E-state index is 0.0234. The number of hydrogen-bond acceptors (Lipinski definition) is 1. The highest BCUT2D eigenvalue weighted by Gasteiger charge is 2.16. The Labute approximate surface area is 90.0 Å². The lowest BCUT2D eigenvalue weighted by Crippen LogP contribution is -1.99. The normalized spacial score (nSPS) is 10.2. The predicted molar refractivity (Wildman–Crippen MR) is 53.2 cm³/mol. The molecule has 1 N–H and O–H groups in total. The highest BCUT2D eigenvalue weighted by atomic mass is 35.5. The van der Waals surface area contributed by atoms with Crippen molar-refractivity contribution in [3.8, 4) is 0 Å². The molecule has 0 unspecified atom stereocenters. The van der Waals surface area contributed by atoms with Gasteiger partial charge >= 0.3 is 5.97 Å². The van der Waals surface area contributed by atoms with Crippen LogP contribution in [-0.2, 0) is 0 Å². The summed E-state index contributed by atoms with van der Waals surface area (Å²) in [7, 11) is 0. The molecule has 0 saturated carbocycles. The summed E-state index contributed by atoms with van der Waals surface area (Å²) in [5, 5.41) is 9.07. The lowest BCUT2D eigenvalue weighted by Gasteiger charge is -2.05. The largest absolute Gasteiger partial charge is 0.478 e. The number of hydrogen-bond donors (Lipinski definition) is 1. The van der Waals surface area contributed by atoms with Gasteiger partial charge in [-0.25, -0.2) is 4.79 Å². The number of carboxylic acid groups (broad SMARTS) is 1. The third kappa shape index (κ3) is 1.90. The van der Waals surface area contributed by atoms with E-state index in [9.17, 15) is 4.79 Å². The fraction of sp³-hybridized carbons (Fsp3) is 0.125. The molecule has 0 heterocycles. The van der Waals surface area contributed by atoms with Crippen molar-refractivity contribution in [3.05, 3.63) is 32.3 Å². The second-order valence-electron chi connectivity index (χ2n) is 2.49. The molecule has 0 aliphatic heterocycles. The first-order chi connectivity index (χ1) is 5.95. The molecule has 1 aromatic carbocycles. The third-order valence-corrected chi connectivity index (χ3v) is 3.01. The Hall–Kier alpha value is -0.440. The zero-order chi connectivity index (χ0) is 10.2. The minimum Gasteiger partial charge on any atom is -0.478 e. The number of aryl methyl sites for hydroxylation is 1. The van der Waals surface area contributed by atoms with E-state index in [1.165, 1.54) is 6.07 Å². The van der Waals surface area contributed by atoms with E-state index in [4.69, 9.17) is 39.9 Å². The van der Waals surface area contributed by atoms with Crippen molar-refractivity contribution in [2.45, 2.75) is 6.92 Å². The van der Waals surface area contributed by atoms with Gasteiger partial charge in [0.25, 0.3) is 0 Å². The summed E-state index contributed by atoms with van der Waals surface area (Å²) >= 11 is 17.1. The monoisotopic (exact) mass is 238 g/mol. The molecule has 0 amide bonds. The average Bonchev–Trinajstić information content (AvgIpc) is 2.07. The molecular formula is C8H5Cl3O2. The van der Waals surface area contributed by atoms with Crippen LogP contribution >= 0.6 is 34.8 Å². The fourth-order valence-corrected chi connectivity index (χ4v) is 1.56. The van der Waals surface area contributed by atoms with Gasteiger partial charge in [-0.3, -0.25) is 0 Å². The molecule has 0 atom stereocenters. The van der Waals surface area contributed by atoms with Crippen molar-refractivity contribution in [3.63, 3.8) is 0 Å². The maximum absolute atomic E-state index is 10.7. The number of aromatic carboxylic acids is 1. The van der Waals surface area contributed by atoms with Gasteiger partial charge in [0, 0.05) is 0 Å². The Morgan fingerprint density at radius 3 is 2.23 bits per heavy atom. The lowest BCUT2D eigenvalue weighted by molar-refractivity contribution is 0.0697. The quantitative estimate of drug-likeness (QED) is 0.760. The molecule has 1 rings (SSSR count). The molecule has 0 spiro atoms. The number of rotatable bonds is 1.